The van der Waals surface area contributed by atoms with E-state index in [1.165, 1.54) is 33.8 Å². The number of nitrogens with zero attached hydrogens (tertiary/aromatic N) is 2. The maximum Gasteiger partial charge on any atom is 0.137 e. The first kappa shape index (κ1) is 12.5. The quantitative estimate of drug-likeness (QED) is 0.678. The third kappa shape index (κ3) is 1.77. The van der Waals surface area contributed by atoms with Gasteiger partial charge in [0, 0.05) is 11.3 Å². The monoisotopic (exact) mass is 278 g/mol. The topological polar surface area (TPSA) is 26.5 Å². The van der Waals surface area contributed by atoms with Gasteiger partial charge in [-0.15, -0.1) is 0 Å². The van der Waals surface area contributed by atoms with Crippen LogP contribution < -0.4 is 4.74 Å². The molecule has 1 aliphatic carbocycles. The Bertz CT molecular complexity index is 861. The number of aromatic nitrogens is 2. The SMILES string of the molecule is COc1ccc2c(c1)CCc1nc3cc(C)cc(C)n3c1-2. The smallest absolute Gasteiger partial charge is 0.137 e. The molecule has 0 aliphatic heterocycles. The Balaban J connectivity index is 2.05. The molecule has 0 saturated carbocycles. The van der Waals surface area contributed by atoms with Crippen molar-refractivity contribution in [2.45, 2.75) is 26.7 Å². The van der Waals surface area contributed by atoms with Crippen LogP contribution in [0.2, 0.25) is 0 Å². The number of ether oxygens (including phenoxy) is 1. The number of rotatable bonds is 1. The molecule has 0 N–H and O–H groups in total. The van der Waals surface area contributed by atoms with Gasteiger partial charge in [-0.05, 0) is 68.1 Å². The Kier molecular flexibility index (Phi) is 2.58. The maximum absolute atomic E-state index is 5.35. The van der Waals surface area contributed by atoms with Crippen molar-refractivity contribution in [2.75, 3.05) is 7.11 Å². The van der Waals surface area contributed by atoms with E-state index in [2.05, 4.69) is 42.5 Å². The molecule has 1 aliphatic rings. The first-order valence-electron chi connectivity index (χ1n) is 7.33. The van der Waals surface area contributed by atoms with Gasteiger partial charge in [0.25, 0.3) is 0 Å². The Hall–Kier alpha value is -2.29. The third-order valence-corrected chi connectivity index (χ3v) is 4.32. The van der Waals surface area contributed by atoms with Crippen LogP contribution in [0, 0.1) is 13.8 Å². The van der Waals surface area contributed by atoms with Gasteiger partial charge in [0.05, 0.1) is 18.5 Å². The highest BCUT2D eigenvalue weighted by atomic mass is 16.5. The van der Waals surface area contributed by atoms with Crippen molar-refractivity contribution in [3.05, 3.63) is 52.8 Å². The second-order valence-corrected chi connectivity index (χ2v) is 5.80. The number of methoxy groups -OCH3 is 1. The molecule has 0 unspecified atom stereocenters. The second kappa shape index (κ2) is 4.35. The van der Waals surface area contributed by atoms with E-state index in [-0.39, 0.29) is 0 Å². The van der Waals surface area contributed by atoms with Gasteiger partial charge in [-0.25, -0.2) is 4.98 Å². The van der Waals surface area contributed by atoms with Gasteiger partial charge in [-0.1, -0.05) is 0 Å². The van der Waals surface area contributed by atoms with Crippen molar-refractivity contribution in [2.24, 2.45) is 0 Å². The maximum atomic E-state index is 5.35. The molecule has 0 amide bonds. The summed E-state index contributed by atoms with van der Waals surface area (Å²) < 4.78 is 7.64. The van der Waals surface area contributed by atoms with E-state index in [9.17, 15) is 0 Å². The van der Waals surface area contributed by atoms with Gasteiger partial charge in [0.15, 0.2) is 0 Å². The minimum Gasteiger partial charge on any atom is -0.497 e. The van der Waals surface area contributed by atoms with Crippen LogP contribution in [0.15, 0.2) is 30.3 Å². The van der Waals surface area contributed by atoms with Crippen molar-refractivity contribution >= 4 is 5.65 Å². The average Bonchev–Trinajstić information content (AvgIpc) is 2.85. The lowest BCUT2D eigenvalue weighted by atomic mass is 9.92. The molecule has 3 heteroatoms. The van der Waals surface area contributed by atoms with Gasteiger partial charge in [0.1, 0.15) is 11.4 Å². The molecule has 3 nitrogen and oxygen atoms in total. The molecule has 0 saturated heterocycles. The summed E-state index contributed by atoms with van der Waals surface area (Å²) in [6.07, 6.45) is 2.02. The minimum absolute atomic E-state index is 0.929. The molecule has 0 spiro atoms. The predicted molar refractivity (Wildman–Crippen MR) is 84.1 cm³/mol. The fourth-order valence-electron chi connectivity index (χ4n) is 3.42. The van der Waals surface area contributed by atoms with Gasteiger partial charge >= 0.3 is 0 Å². The number of benzene rings is 1. The number of aryl methyl sites for hydroxylation is 4. The highest BCUT2D eigenvalue weighted by Gasteiger charge is 2.22. The summed E-state index contributed by atoms with van der Waals surface area (Å²) in [5.41, 5.74) is 8.66. The lowest BCUT2D eigenvalue weighted by Crippen LogP contribution is -2.06. The predicted octanol–water partition coefficient (Wildman–Crippen LogP) is 3.73. The van der Waals surface area contributed by atoms with Crippen LogP contribution in [0.3, 0.4) is 0 Å². The zero-order valence-corrected chi connectivity index (χ0v) is 12.6. The van der Waals surface area contributed by atoms with Gasteiger partial charge in [-0.3, -0.25) is 4.40 Å². The van der Waals surface area contributed by atoms with E-state index in [1.54, 1.807) is 7.11 Å². The van der Waals surface area contributed by atoms with Crippen LogP contribution in [0.5, 0.6) is 5.75 Å². The first-order valence-corrected chi connectivity index (χ1v) is 7.33. The van der Waals surface area contributed by atoms with Crippen molar-refractivity contribution in [1.29, 1.82) is 0 Å². The van der Waals surface area contributed by atoms with Crippen LogP contribution in [0.4, 0.5) is 0 Å². The van der Waals surface area contributed by atoms with E-state index in [0.29, 0.717) is 0 Å². The van der Waals surface area contributed by atoms with Crippen LogP contribution in [-0.4, -0.2) is 16.5 Å². The molecule has 106 valence electrons. The molecular formula is C18H18N2O. The Labute approximate surface area is 124 Å². The normalized spacial score (nSPS) is 13.1. The van der Waals surface area contributed by atoms with Gasteiger partial charge < -0.3 is 4.74 Å². The molecule has 1 aromatic carbocycles. The molecule has 0 fully saturated rings. The van der Waals surface area contributed by atoms with E-state index in [1.807, 2.05) is 6.07 Å². The zero-order chi connectivity index (χ0) is 14.6. The molecule has 3 aromatic rings. The molecule has 4 rings (SSSR count). The van der Waals surface area contributed by atoms with Crippen LogP contribution >= 0.6 is 0 Å². The van der Waals surface area contributed by atoms with E-state index in [4.69, 9.17) is 9.72 Å². The zero-order valence-electron chi connectivity index (χ0n) is 12.6. The summed E-state index contributed by atoms with van der Waals surface area (Å²) in [5, 5.41) is 0. The number of pyridine rings is 1. The van der Waals surface area contributed by atoms with E-state index >= 15 is 0 Å². The highest BCUT2D eigenvalue weighted by Crippen LogP contribution is 2.36. The van der Waals surface area contributed by atoms with Gasteiger partial charge in [-0.2, -0.15) is 0 Å². The Morgan fingerprint density at radius 3 is 2.76 bits per heavy atom. The van der Waals surface area contributed by atoms with E-state index in [0.717, 1.165) is 24.2 Å². The summed E-state index contributed by atoms with van der Waals surface area (Å²) in [6, 6.07) is 10.7. The summed E-state index contributed by atoms with van der Waals surface area (Å²) >= 11 is 0. The highest BCUT2D eigenvalue weighted by molar-refractivity contribution is 5.74. The number of hydrogen-bond donors (Lipinski definition) is 0. The number of fused-ring (bicyclic) bond motifs is 5. The summed E-state index contributed by atoms with van der Waals surface area (Å²) in [4.78, 5) is 4.85. The van der Waals surface area contributed by atoms with Crippen LogP contribution in [0.1, 0.15) is 22.5 Å². The van der Waals surface area contributed by atoms with Gasteiger partial charge in [0.2, 0.25) is 0 Å². The van der Waals surface area contributed by atoms with E-state index < -0.39 is 0 Å². The second-order valence-electron chi connectivity index (χ2n) is 5.80. The fraction of sp³-hybridized carbons (Fsp3) is 0.278. The molecular weight excluding hydrogens is 260 g/mol. The Morgan fingerprint density at radius 2 is 1.95 bits per heavy atom. The summed E-state index contributed by atoms with van der Waals surface area (Å²) in [7, 11) is 1.72. The molecule has 2 aromatic heterocycles. The molecule has 2 heterocycles. The fourth-order valence-corrected chi connectivity index (χ4v) is 3.42. The molecule has 21 heavy (non-hydrogen) atoms. The lowest BCUT2D eigenvalue weighted by Gasteiger charge is -2.18. The minimum atomic E-state index is 0.929. The van der Waals surface area contributed by atoms with Crippen molar-refractivity contribution in [1.82, 2.24) is 9.38 Å². The van der Waals surface area contributed by atoms with Crippen LogP contribution in [0.25, 0.3) is 16.9 Å². The van der Waals surface area contributed by atoms with Crippen molar-refractivity contribution < 1.29 is 4.74 Å². The molecule has 0 radical (unpaired) electrons. The van der Waals surface area contributed by atoms with Crippen molar-refractivity contribution in [3.63, 3.8) is 0 Å². The lowest BCUT2D eigenvalue weighted by molar-refractivity contribution is 0.414. The summed E-state index contributed by atoms with van der Waals surface area (Å²) in [5.74, 6) is 0.929. The van der Waals surface area contributed by atoms with Crippen molar-refractivity contribution in [3.8, 4) is 17.0 Å². The largest absolute Gasteiger partial charge is 0.497 e. The standard InChI is InChI=1S/C18H18N2O/c1-11-8-12(2)20-17(9-11)19-16-7-4-13-10-14(21-3)5-6-15(13)18(16)20/h5-6,8-10H,4,7H2,1-3H3. The molecule has 0 bridgehead atoms. The number of imidazole rings is 1. The Morgan fingerprint density at radius 1 is 1.10 bits per heavy atom. The third-order valence-electron chi connectivity index (χ3n) is 4.32. The molecule has 0 atom stereocenters. The number of hydrogen-bond acceptors (Lipinski definition) is 2. The summed E-state index contributed by atoms with van der Waals surface area (Å²) in [6.45, 7) is 4.28. The van der Waals surface area contributed by atoms with Crippen LogP contribution in [-0.2, 0) is 12.8 Å². The average molecular weight is 278 g/mol. The first-order chi connectivity index (χ1) is 10.2.